The van der Waals surface area contributed by atoms with Crippen molar-refractivity contribution in [3.63, 3.8) is 0 Å². The van der Waals surface area contributed by atoms with Gasteiger partial charge in [0.1, 0.15) is 5.54 Å². The van der Waals surface area contributed by atoms with Gasteiger partial charge in [-0.25, -0.2) is 0 Å². The van der Waals surface area contributed by atoms with E-state index < -0.39 is 0 Å². The molecule has 100 valence electrons. The van der Waals surface area contributed by atoms with E-state index in [1.165, 1.54) is 0 Å². The van der Waals surface area contributed by atoms with Crippen LogP contribution >= 0.6 is 0 Å². The molecule has 0 aromatic rings. The van der Waals surface area contributed by atoms with Gasteiger partial charge in [-0.2, -0.15) is 0 Å². The van der Waals surface area contributed by atoms with Gasteiger partial charge in [-0.3, -0.25) is 9.69 Å². The van der Waals surface area contributed by atoms with Crippen LogP contribution in [0.25, 0.3) is 0 Å². The van der Waals surface area contributed by atoms with Crippen molar-refractivity contribution in [3.05, 3.63) is 0 Å². The zero-order valence-electron chi connectivity index (χ0n) is 11.2. The van der Waals surface area contributed by atoms with Gasteiger partial charge in [-0.05, 0) is 26.7 Å². The lowest BCUT2D eigenvalue weighted by Gasteiger charge is -2.47. The van der Waals surface area contributed by atoms with Gasteiger partial charge < -0.3 is 9.47 Å². The van der Waals surface area contributed by atoms with Gasteiger partial charge in [-0.15, -0.1) is 0 Å². The van der Waals surface area contributed by atoms with Gasteiger partial charge in [0.25, 0.3) is 0 Å². The van der Waals surface area contributed by atoms with Crippen molar-refractivity contribution in [2.75, 3.05) is 32.9 Å². The van der Waals surface area contributed by atoms with Gasteiger partial charge in [-0.1, -0.05) is 0 Å². The van der Waals surface area contributed by atoms with Crippen molar-refractivity contribution in [1.29, 1.82) is 0 Å². The molecule has 0 aromatic heterocycles. The molecule has 0 N–H and O–H groups in total. The molecule has 4 bridgehead atoms. The van der Waals surface area contributed by atoms with Crippen molar-refractivity contribution < 1.29 is 14.3 Å². The molecule has 2 saturated carbocycles. The molecular weight excluding hydrogens is 230 g/mol. The number of ether oxygens (including phenoxy) is 2. The highest BCUT2D eigenvalue weighted by atomic mass is 16.5. The van der Waals surface area contributed by atoms with Crippen molar-refractivity contribution >= 4 is 5.78 Å². The number of morpholine rings is 1. The third kappa shape index (κ3) is 0.928. The minimum absolute atomic E-state index is 0.220. The molecule has 0 aromatic carbocycles. The van der Waals surface area contributed by atoms with E-state index in [0.29, 0.717) is 18.3 Å². The first-order chi connectivity index (χ1) is 8.56. The summed E-state index contributed by atoms with van der Waals surface area (Å²) in [5.74, 6) is 0.836. The third-order valence-corrected chi connectivity index (χ3v) is 6.33. The van der Waals surface area contributed by atoms with E-state index in [1.54, 1.807) is 0 Å². The first-order valence-corrected chi connectivity index (χ1v) is 7.07. The quantitative estimate of drug-likeness (QED) is 0.692. The lowest BCUT2D eigenvalue weighted by molar-refractivity contribution is -0.163. The number of hydrogen-bond acceptors (Lipinski definition) is 4. The summed E-state index contributed by atoms with van der Waals surface area (Å²) in [5.41, 5.74) is -0.803. The van der Waals surface area contributed by atoms with Crippen LogP contribution in [-0.4, -0.2) is 54.7 Å². The molecule has 0 spiro atoms. The lowest BCUT2D eigenvalue weighted by Crippen LogP contribution is -2.64. The van der Waals surface area contributed by atoms with E-state index in [2.05, 4.69) is 18.7 Å². The smallest absolute Gasteiger partial charge is 0.164 e. The summed E-state index contributed by atoms with van der Waals surface area (Å²) in [6.07, 6.45) is 2.13. The Morgan fingerprint density at radius 1 is 1.28 bits per heavy atom. The van der Waals surface area contributed by atoms with E-state index in [1.807, 2.05) is 0 Å². The molecule has 0 unspecified atom stereocenters. The van der Waals surface area contributed by atoms with Crippen LogP contribution in [0.15, 0.2) is 0 Å². The number of rotatable bonds is 1. The van der Waals surface area contributed by atoms with Gasteiger partial charge in [0, 0.05) is 19.0 Å². The topological polar surface area (TPSA) is 38.8 Å². The second kappa shape index (κ2) is 3.17. The van der Waals surface area contributed by atoms with Crippen LogP contribution in [0.5, 0.6) is 0 Å². The molecular formula is C14H21NO3. The average molecular weight is 251 g/mol. The molecule has 4 heteroatoms. The Balaban J connectivity index is 1.80. The minimum Gasteiger partial charge on any atom is -0.379 e. The first-order valence-electron chi connectivity index (χ1n) is 7.07. The molecule has 4 atom stereocenters. The summed E-state index contributed by atoms with van der Waals surface area (Å²) in [7, 11) is 0. The fourth-order valence-electron chi connectivity index (χ4n) is 5.11. The Kier molecular flexibility index (Phi) is 2.00. The number of ketones is 1. The second-order valence-electron chi connectivity index (χ2n) is 6.67. The molecule has 2 aliphatic heterocycles. The summed E-state index contributed by atoms with van der Waals surface area (Å²) in [4.78, 5) is 15.4. The van der Waals surface area contributed by atoms with Gasteiger partial charge in [0.15, 0.2) is 5.78 Å². The fourth-order valence-corrected chi connectivity index (χ4v) is 5.11. The highest BCUT2D eigenvalue weighted by molar-refractivity contribution is 6.00. The number of nitrogens with zero attached hydrogens (tertiary/aromatic N) is 1. The standard InChI is InChI=1S/C14H21NO3/c1-12-4-3-10-13(12,2)18-9-14(10,11(12)16)15-5-7-17-8-6-15/h10H,3-9H2,1-2H3/t10-,12-,13-,14+/m0/s1. The molecule has 0 amide bonds. The Morgan fingerprint density at radius 3 is 2.61 bits per heavy atom. The zero-order chi connectivity index (χ0) is 12.6. The molecule has 2 heterocycles. The number of carbonyl (C=O) groups is 1. The minimum atomic E-state index is -0.328. The monoisotopic (exact) mass is 251 g/mol. The van der Waals surface area contributed by atoms with Crippen LogP contribution in [0.1, 0.15) is 26.7 Å². The SMILES string of the molecule is C[C@@]12CC[C@@H]3[C@](N4CCOCC4)(CO[C@@]31C)C2=O. The van der Waals surface area contributed by atoms with E-state index in [9.17, 15) is 4.79 Å². The van der Waals surface area contributed by atoms with Crippen LogP contribution in [0, 0.1) is 11.3 Å². The molecule has 4 rings (SSSR count). The maximum Gasteiger partial charge on any atom is 0.164 e. The van der Waals surface area contributed by atoms with Crippen LogP contribution in [0.2, 0.25) is 0 Å². The van der Waals surface area contributed by atoms with Gasteiger partial charge >= 0.3 is 0 Å². The number of hydrogen-bond donors (Lipinski definition) is 0. The van der Waals surface area contributed by atoms with Gasteiger partial charge in [0.2, 0.25) is 0 Å². The predicted molar refractivity (Wildman–Crippen MR) is 65.3 cm³/mol. The second-order valence-corrected chi connectivity index (χ2v) is 6.67. The molecule has 2 saturated heterocycles. The molecule has 18 heavy (non-hydrogen) atoms. The van der Waals surface area contributed by atoms with Crippen LogP contribution in [0.4, 0.5) is 0 Å². The number of Topliss-reactive ketones (excluding diaryl/α,β-unsaturated/α-hetero) is 1. The maximum atomic E-state index is 13.0. The lowest BCUT2D eigenvalue weighted by atomic mass is 9.72. The maximum absolute atomic E-state index is 13.0. The number of carbonyl (C=O) groups excluding carboxylic acids is 1. The van der Waals surface area contributed by atoms with Gasteiger partial charge in [0.05, 0.1) is 30.8 Å². The molecule has 4 nitrogen and oxygen atoms in total. The van der Waals surface area contributed by atoms with Crippen LogP contribution in [-0.2, 0) is 14.3 Å². The summed E-state index contributed by atoms with van der Waals surface area (Å²) < 4.78 is 11.6. The normalized spacial score (nSPS) is 55.4. The Bertz CT molecular complexity index is 419. The van der Waals surface area contributed by atoms with Crippen LogP contribution < -0.4 is 0 Å². The average Bonchev–Trinajstić information content (AvgIpc) is 2.88. The van der Waals surface area contributed by atoms with Crippen molar-refractivity contribution in [3.8, 4) is 0 Å². The van der Waals surface area contributed by atoms with Crippen molar-refractivity contribution in [1.82, 2.24) is 4.90 Å². The Morgan fingerprint density at radius 2 is 2.00 bits per heavy atom. The predicted octanol–water partition coefficient (Wildman–Crippen LogP) is 0.845. The Hall–Kier alpha value is -0.450. The van der Waals surface area contributed by atoms with E-state index in [-0.39, 0.29) is 16.6 Å². The van der Waals surface area contributed by atoms with E-state index in [4.69, 9.17) is 9.47 Å². The third-order valence-electron chi connectivity index (χ3n) is 6.33. The summed E-state index contributed by atoms with van der Waals surface area (Å²) in [6, 6.07) is 0. The molecule has 0 radical (unpaired) electrons. The van der Waals surface area contributed by atoms with Crippen molar-refractivity contribution in [2.24, 2.45) is 11.3 Å². The largest absolute Gasteiger partial charge is 0.379 e. The molecule has 4 aliphatic rings. The van der Waals surface area contributed by atoms with E-state index >= 15 is 0 Å². The van der Waals surface area contributed by atoms with Crippen molar-refractivity contribution in [2.45, 2.75) is 37.8 Å². The summed E-state index contributed by atoms with van der Waals surface area (Å²) in [5, 5.41) is 0. The Labute approximate surface area is 108 Å². The van der Waals surface area contributed by atoms with Crippen LogP contribution in [0.3, 0.4) is 0 Å². The van der Waals surface area contributed by atoms with E-state index in [0.717, 1.165) is 39.1 Å². The molecule has 2 aliphatic carbocycles. The summed E-state index contributed by atoms with van der Waals surface area (Å²) >= 11 is 0. The zero-order valence-corrected chi connectivity index (χ0v) is 11.2. The highest BCUT2D eigenvalue weighted by Gasteiger charge is 2.81. The molecule has 4 fully saturated rings. The first kappa shape index (κ1) is 11.4. The summed E-state index contributed by atoms with van der Waals surface area (Å²) in [6.45, 7) is 8.12. The fraction of sp³-hybridized carbons (Fsp3) is 0.929. The highest BCUT2D eigenvalue weighted by Crippen LogP contribution is 2.69.